The van der Waals surface area contributed by atoms with Gasteiger partial charge in [0.2, 0.25) is 0 Å². The molecule has 0 bridgehead atoms. The SMILES string of the molecule is Cc1ccc(C2=C(CC(=O)O)SC(=Nc3ccc(Cl)c(Cl)c3)NN2)cc1. The monoisotopic (exact) mass is 407 g/mol. The fourth-order valence-electron chi connectivity index (χ4n) is 2.32. The lowest BCUT2D eigenvalue weighted by atomic mass is 10.1. The molecule has 2 aromatic rings. The lowest BCUT2D eigenvalue weighted by Crippen LogP contribution is -2.38. The molecule has 0 unspecified atom stereocenters. The van der Waals surface area contributed by atoms with E-state index in [0.29, 0.717) is 25.8 Å². The summed E-state index contributed by atoms with van der Waals surface area (Å²) in [5.41, 5.74) is 9.44. The molecule has 0 fully saturated rings. The van der Waals surface area contributed by atoms with Gasteiger partial charge in [-0.15, -0.1) is 0 Å². The predicted molar refractivity (Wildman–Crippen MR) is 108 cm³/mol. The first-order valence-corrected chi connectivity index (χ1v) is 9.25. The third-order valence-corrected chi connectivity index (χ3v) is 5.30. The van der Waals surface area contributed by atoms with E-state index in [-0.39, 0.29) is 6.42 Å². The Morgan fingerprint density at radius 2 is 1.85 bits per heavy atom. The van der Waals surface area contributed by atoms with Gasteiger partial charge in [0.25, 0.3) is 0 Å². The molecule has 1 heterocycles. The number of halogens is 2. The number of thioether (sulfide) groups is 1. The quantitative estimate of drug-likeness (QED) is 0.666. The molecule has 3 N–H and O–H groups in total. The standard InChI is InChI=1S/C18H15Cl2N3O2S/c1-10-2-4-11(5-3-10)17-15(9-16(24)25)26-18(23-22-17)21-12-6-7-13(19)14(20)8-12/h2-8,22H,9H2,1H3,(H,21,23)(H,24,25). The van der Waals surface area contributed by atoms with Gasteiger partial charge in [-0.2, -0.15) is 0 Å². The second-order valence-electron chi connectivity index (χ2n) is 5.60. The Kier molecular flexibility index (Phi) is 5.76. The van der Waals surface area contributed by atoms with E-state index in [1.807, 2.05) is 31.2 Å². The average molecular weight is 408 g/mol. The minimum absolute atomic E-state index is 0.108. The van der Waals surface area contributed by atoms with E-state index >= 15 is 0 Å². The maximum atomic E-state index is 11.3. The summed E-state index contributed by atoms with van der Waals surface area (Å²) in [6.45, 7) is 2.00. The second kappa shape index (κ2) is 8.03. The molecular formula is C18H15Cl2N3O2S. The zero-order valence-corrected chi connectivity index (χ0v) is 16.0. The first-order valence-electron chi connectivity index (χ1n) is 7.68. The molecule has 0 saturated carbocycles. The smallest absolute Gasteiger partial charge is 0.308 e. The number of hydrogen-bond donors (Lipinski definition) is 3. The van der Waals surface area contributed by atoms with Gasteiger partial charge in [0.1, 0.15) is 0 Å². The van der Waals surface area contributed by atoms with Crippen molar-refractivity contribution in [3.63, 3.8) is 0 Å². The number of benzene rings is 2. The van der Waals surface area contributed by atoms with Crippen LogP contribution in [0.1, 0.15) is 17.5 Å². The molecule has 2 aromatic carbocycles. The zero-order chi connectivity index (χ0) is 18.7. The number of aliphatic imine (C=N–C) groups is 1. The first-order chi connectivity index (χ1) is 12.4. The Hall–Kier alpha value is -2.15. The summed E-state index contributed by atoms with van der Waals surface area (Å²) in [4.78, 5) is 16.4. The highest BCUT2D eigenvalue weighted by atomic mass is 35.5. The molecule has 0 amide bonds. The number of carboxylic acid groups (broad SMARTS) is 1. The highest BCUT2D eigenvalue weighted by Crippen LogP contribution is 2.33. The van der Waals surface area contributed by atoms with Gasteiger partial charge in [0, 0.05) is 10.5 Å². The summed E-state index contributed by atoms with van der Waals surface area (Å²) in [7, 11) is 0. The number of rotatable bonds is 4. The molecule has 0 saturated heterocycles. The minimum atomic E-state index is -0.908. The minimum Gasteiger partial charge on any atom is -0.481 e. The summed E-state index contributed by atoms with van der Waals surface area (Å²) < 4.78 is 0. The van der Waals surface area contributed by atoms with Crippen molar-refractivity contribution in [3.8, 4) is 0 Å². The summed E-state index contributed by atoms with van der Waals surface area (Å²) in [6, 6.07) is 12.9. The maximum absolute atomic E-state index is 11.3. The molecule has 0 atom stereocenters. The normalized spacial score (nSPS) is 15.6. The van der Waals surface area contributed by atoms with Gasteiger partial charge in [-0.1, -0.05) is 64.8 Å². The molecule has 3 rings (SSSR count). The number of amidine groups is 1. The lowest BCUT2D eigenvalue weighted by molar-refractivity contribution is -0.136. The zero-order valence-electron chi connectivity index (χ0n) is 13.7. The fraction of sp³-hybridized carbons (Fsp3) is 0.111. The molecule has 134 valence electrons. The van der Waals surface area contributed by atoms with Gasteiger partial charge in [-0.05, 0) is 25.1 Å². The van der Waals surface area contributed by atoms with Crippen LogP contribution in [0.2, 0.25) is 10.0 Å². The van der Waals surface area contributed by atoms with E-state index in [4.69, 9.17) is 23.2 Å². The van der Waals surface area contributed by atoms with Crippen molar-refractivity contribution in [2.75, 3.05) is 0 Å². The Morgan fingerprint density at radius 1 is 1.12 bits per heavy atom. The van der Waals surface area contributed by atoms with Crippen molar-refractivity contribution >= 4 is 57.5 Å². The molecule has 0 spiro atoms. The highest BCUT2D eigenvalue weighted by Gasteiger charge is 2.21. The van der Waals surface area contributed by atoms with Crippen LogP contribution in [0.15, 0.2) is 52.4 Å². The number of hydrogen-bond acceptors (Lipinski definition) is 4. The summed E-state index contributed by atoms with van der Waals surface area (Å²) in [6.07, 6.45) is -0.108. The largest absolute Gasteiger partial charge is 0.481 e. The van der Waals surface area contributed by atoms with E-state index in [1.54, 1.807) is 18.2 Å². The molecule has 0 aliphatic carbocycles. The second-order valence-corrected chi connectivity index (χ2v) is 7.50. The predicted octanol–water partition coefficient (Wildman–Crippen LogP) is 4.97. The van der Waals surface area contributed by atoms with Crippen LogP contribution in [0.5, 0.6) is 0 Å². The highest BCUT2D eigenvalue weighted by molar-refractivity contribution is 8.17. The molecule has 8 heteroatoms. The van der Waals surface area contributed by atoms with Crippen molar-refractivity contribution in [1.29, 1.82) is 0 Å². The van der Waals surface area contributed by atoms with Gasteiger partial charge < -0.3 is 5.11 Å². The fourth-order valence-corrected chi connectivity index (χ4v) is 3.56. The maximum Gasteiger partial charge on any atom is 0.308 e. The number of aryl methyl sites for hydroxylation is 1. The van der Waals surface area contributed by atoms with E-state index < -0.39 is 5.97 Å². The average Bonchev–Trinajstić information content (AvgIpc) is 2.59. The molecule has 5 nitrogen and oxygen atoms in total. The Balaban J connectivity index is 1.92. The molecular weight excluding hydrogens is 393 g/mol. The number of aliphatic carboxylic acids is 1. The number of nitrogens with zero attached hydrogens (tertiary/aromatic N) is 1. The van der Waals surface area contributed by atoms with Crippen molar-refractivity contribution < 1.29 is 9.90 Å². The topological polar surface area (TPSA) is 73.7 Å². The van der Waals surface area contributed by atoms with Crippen LogP contribution in [0.25, 0.3) is 5.70 Å². The van der Waals surface area contributed by atoms with Gasteiger partial charge in [0.05, 0.1) is 27.9 Å². The Bertz CT molecular complexity index is 911. The van der Waals surface area contributed by atoms with Crippen LogP contribution < -0.4 is 10.9 Å². The molecule has 1 aliphatic heterocycles. The lowest BCUT2D eigenvalue weighted by Gasteiger charge is -2.24. The van der Waals surface area contributed by atoms with Crippen LogP contribution in [0.4, 0.5) is 5.69 Å². The van der Waals surface area contributed by atoms with Gasteiger partial charge in [0.15, 0.2) is 5.17 Å². The van der Waals surface area contributed by atoms with Crippen LogP contribution in [0, 0.1) is 6.92 Å². The van der Waals surface area contributed by atoms with Crippen LogP contribution in [-0.4, -0.2) is 16.2 Å². The Morgan fingerprint density at radius 3 is 2.50 bits per heavy atom. The third kappa shape index (κ3) is 4.52. The van der Waals surface area contributed by atoms with Crippen LogP contribution in [0.3, 0.4) is 0 Å². The van der Waals surface area contributed by atoms with E-state index in [0.717, 1.165) is 16.8 Å². The first kappa shape index (κ1) is 18.6. The number of carboxylic acids is 1. The van der Waals surface area contributed by atoms with Crippen molar-refractivity contribution in [2.45, 2.75) is 13.3 Å². The summed E-state index contributed by atoms with van der Waals surface area (Å²) in [5.74, 6) is -0.908. The van der Waals surface area contributed by atoms with Gasteiger partial charge in [-0.25, -0.2) is 4.99 Å². The molecule has 26 heavy (non-hydrogen) atoms. The van der Waals surface area contributed by atoms with Gasteiger partial charge >= 0.3 is 5.97 Å². The third-order valence-electron chi connectivity index (χ3n) is 3.58. The summed E-state index contributed by atoms with van der Waals surface area (Å²) in [5, 5.41) is 10.6. The number of carbonyl (C=O) groups is 1. The van der Waals surface area contributed by atoms with Crippen molar-refractivity contribution in [1.82, 2.24) is 10.9 Å². The van der Waals surface area contributed by atoms with Crippen molar-refractivity contribution in [2.24, 2.45) is 4.99 Å². The number of hydrazine groups is 1. The molecule has 0 aromatic heterocycles. The summed E-state index contributed by atoms with van der Waals surface area (Å²) >= 11 is 13.2. The van der Waals surface area contributed by atoms with Crippen molar-refractivity contribution in [3.05, 3.63) is 68.5 Å². The Labute approximate surface area is 165 Å². The van der Waals surface area contributed by atoms with Gasteiger partial charge in [-0.3, -0.25) is 15.6 Å². The van der Waals surface area contributed by atoms with Crippen LogP contribution in [-0.2, 0) is 4.79 Å². The number of nitrogens with one attached hydrogen (secondary N) is 2. The van der Waals surface area contributed by atoms with E-state index in [9.17, 15) is 9.90 Å². The van der Waals surface area contributed by atoms with E-state index in [2.05, 4.69) is 15.8 Å². The van der Waals surface area contributed by atoms with Crippen LogP contribution >= 0.6 is 35.0 Å². The molecule has 0 radical (unpaired) electrons. The molecule has 1 aliphatic rings. The van der Waals surface area contributed by atoms with E-state index in [1.165, 1.54) is 11.8 Å².